The van der Waals surface area contributed by atoms with Gasteiger partial charge in [-0.05, 0) is 12.5 Å². The lowest BCUT2D eigenvalue weighted by atomic mass is 10.2. The Bertz CT molecular complexity index is 377. The molecule has 0 saturated heterocycles. The van der Waals surface area contributed by atoms with Gasteiger partial charge in [0.15, 0.2) is 0 Å². The molecule has 0 heterocycles. The van der Waals surface area contributed by atoms with Gasteiger partial charge in [-0.15, -0.1) is 0 Å². The van der Waals surface area contributed by atoms with Gasteiger partial charge in [-0.25, -0.2) is 0 Å². The zero-order chi connectivity index (χ0) is 12.7. The topological polar surface area (TPSA) is 63.6 Å². The number of hydrogen-bond acceptors (Lipinski definition) is 4. The lowest BCUT2D eigenvalue weighted by Gasteiger charge is -2.10. The minimum atomic E-state index is -1.38. The summed E-state index contributed by atoms with van der Waals surface area (Å²) in [6.07, 6.45) is 0. The van der Waals surface area contributed by atoms with Crippen molar-refractivity contribution in [2.24, 2.45) is 0 Å². The molecule has 94 valence electrons. The zero-order valence-corrected chi connectivity index (χ0v) is 10.5. The van der Waals surface area contributed by atoms with Crippen LogP contribution in [0.5, 0.6) is 0 Å². The van der Waals surface area contributed by atoms with Crippen LogP contribution in [-0.2, 0) is 26.9 Å². The predicted octanol–water partition coefficient (Wildman–Crippen LogP) is 0.859. The summed E-state index contributed by atoms with van der Waals surface area (Å²) in [5.74, 6) is -0.401. The Morgan fingerprint density at radius 1 is 1.41 bits per heavy atom. The van der Waals surface area contributed by atoms with Crippen LogP contribution in [0.3, 0.4) is 0 Å². The third-order valence-corrected chi connectivity index (χ3v) is 3.81. The van der Waals surface area contributed by atoms with Crippen molar-refractivity contribution in [3.63, 3.8) is 0 Å². The van der Waals surface area contributed by atoms with Crippen LogP contribution in [0.2, 0.25) is 0 Å². The number of carbonyl (C=O) groups is 1. The van der Waals surface area contributed by atoms with Crippen LogP contribution in [-0.4, -0.2) is 32.9 Å². The van der Waals surface area contributed by atoms with Gasteiger partial charge in [0.1, 0.15) is 11.9 Å². The van der Waals surface area contributed by atoms with Gasteiger partial charge in [0.25, 0.3) is 0 Å². The van der Waals surface area contributed by atoms with Crippen LogP contribution in [0.4, 0.5) is 0 Å². The van der Waals surface area contributed by atoms with Gasteiger partial charge in [0.05, 0.1) is 6.61 Å². The molecule has 1 aromatic rings. The summed E-state index contributed by atoms with van der Waals surface area (Å²) in [6.45, 7) is 1.53. The maximum atomic E-state index is 11.5. The predicted molar refractivity (Wildman–Crippen MR) is 65.8 cm³/mol. The van der Waals surface area contributed by atoms with Crippen LogP contribution in [0, 0.1) is 0 Å². The molecular weight excluding hydrogens is 240 g/mol. The van der Waals surface area contributed by atoms with Crippen molar-refractivity contribution in [2.75, 3.05) is 12.4 Å². The highest BCUT2D eigenvalue weighted by Gasteiger charge is 2.20. The average molecular weight is 256 g/mol. The highest BCUT2D eigenvalue weighted by Crippen LogP contribution is 2.04. The lowest BCUT2D eigenvalue weighted by Crippen LogP contribution is -2.27. The second-order valence-corrected chi connectivity index (χ2v) is 5.42. The molecule has 4 nitrogen and oxygen atoms in total. The molecular formula is C12H16O4S. The van der Waals surface area contributed by atoms with E-state index in [0.29, 0.717) is 0 Å². The molecule has 0 bridgehead atoms. The molecule has 0 aliphatic carbocycles. The van der Waals surface area contributed by atoms with E-state index < -0.39 is 22.0 Å². The molecule has 0 fully saturated rings. The van der Waals surface area contributed by atoms with Crippen LogP contribution in [0.15, 0.2) is 30.3 Å². The maximum absolute atomic E-state index is 11.5. The Morgan fingerprint density at radius 2 is 2.06 bits per heavy atom. The maximum Gasteiger partial charge on any atom is 0.321 e. The molecule has 0 aliphatic heterocycles. The monoisotopic (exact) mass is 256 g/mol. The minimum Gasteiger partial charge on any atom is -0.460 e. The summed E-state index contributed by atoms with van der Waals surface area (Å²) in [5, 5.41) is 7.93. The Morgan fingerprint density at radius 3 is 2.65 bits per heavy atom. The number of rotatable bonds is 6. The third-order valence-electron chi connectivity index (χ3n) is 2.24. The number of ether oxygens (including phenoxy) is 1. The van der Waals surface area contributed by atoms with Crippen molar-refractivity contribution >= 4 is 16.8 Å². The van der Waals surface area contributed by atoms with E-state index in [2.05, 4.69) is 0 Å². The largest absolute Gasteiger partial charge is 0.460 e. The van der Waals surface area contributed by atoms with E-state index in [1.54, 1.807) is 6.92 Å². The molecule has 1 aromatic carbocycles. The van der Waals surface area contributed by atoms with Crippen molar-refractivity contribution in [1.29, 1.82) is 0 Å². The molecule has 1 rings (SSSR count). The molecule has 0 aromatic heterocycles. The second kappa shape index (κ2) is 7.19. The van der Waals surface area contributed by atoms with Gasteiger partial charge in [-0.1, -0.05) is 30.3 Å². The fraction of sp³-hybridized carbons (Fsp3) is 0.417. The standard InChI is InChI=1S/C12H16O4S/c1-10(17(15)8-7-13)12(14)16-9-11-5-3-2-4-6-11/h2-6,10,13H,7-9H2,1H3. The van der Waals surface area contributed by atoms with Gasteiger partial charge in [-0.2, -0.15) is 0 Å². The van der Waals surface area contributed by atoms with Crippen molar-refractivity contribution in [2.45, 2.75) is 18.8 Å². The smallest absolute Gasteiger partial charge is 0.321 e. The third kappa shape index (κ3) is 4.66. The van der Waals surface area contributed by atoms with E-state index in [0.717, 1.165) is 5.56 Å². The van der Waals surface area contributed by atoms with Gasteiger partial charge >= 0.3 is 5.97 Å². The van der Waals surface area contributed by atoms with Crippen LogP contribution in [0.1, 0.15) is 12.5 Å². The first-order valence-electron chi connectivity index (χ1n) is 5.33. The molecule has 0 saturated carbocycles. The molecule has 0 radical (unpaired) electrons. The highest BCUT2D eigenvalue weighted by molar-refractivity contribution is 7.86. The summed E-state index contributed by atoms with van der Waals surface area (Å²) in [7, 11) is -1.38. The summed E-state index contributed by atoms with van der Waals surface area (Å²) in [6, 6.07) is 9.29. The lowest BCUT2D eigenvalue weighted by molar-refractivity contribution is -0.144. The molecule has 0 amide bonds. The van der Waals surface area contributed by atoms with E-state index in [4.69, 9.17) is 9.84 Å². The Labute approximate surface area is 103 Å². The van der Waals surface area contributed by atoms with Crippen molar-refractivity contribution in [3.05, 3.63) is 35.9 Å². The van der Waals surface area contributed by atoms with Crippen LogP contribution >= 0.6 is 0 Å². The summed E-state index contributed by atoms with van der Waals surface area (Å²) in [5.41, 5.74) is 0.890. The van der Waals surface area contributed by atoms with Gasteiger partial charge in [0, 0.05) is 16.6 Å². The fourth-order valence-electron chi connectivity index (χ4n) is 1.22. The normalized spacial score (nSPS) is 14.0. The van der Waals surface area contributed by atoms with Crippen molar-refractivity contribution < 1.29 is 18.8 Å². The quantitative estimate of drug-likeness (QED) is 0.767. The Hall–Kier alpha value is -1.20. The van der Waals surface area contributed by atoms with Gasteiger partial charge < -0.3 is 9.84 Å². The van der Waals surface area contributed by atoms with E-state index in [9.17, 15) is 9.00 Å². The first-order chi connectivity index (χ1) is 8.15. The number of aliphatic hydroxyl groups is 1. The summed E-state index contributed by atoms with van der Waals surface area (Å²) >= 11 is 0. The SMILES string of the molecule is CC(C(=O)OCc1ccccc1)S(=O)CCO. The van der Waals surface area contributed by atoms with E-state index >= 15 is 0 Å². The van der Waals surface area contributed by atoms with Crippen molar-refractivity contribution in [3.8, 4) is 0 Å². The Balaban J connectivity index is 2.42. The molecule has 17 heavy (non-hydrogen) atoms. The number of esters is 1. The molecule has 1 N–H and O–H groups in total. The summed E-state index contributed by atoms with van der Waals surface area (Å²) < 4.78 is 16.5. The first kappa shape index (κ1) is 13.9. The van der Waals surface area contributed by atoms with Crippen LogP contribution < -0.4 is 0 Å². The van der Waals surface area contributed by atoms with Crippen molar-refractivity contribution in [1.82, 2.24) is 0 Å². The highest BCUT2D eigenvalue weighted by atomic mass is 32.2. The molecule has 0 aliphatic rings. The molecule has 2 atom stereocenters. The first-order valence-corrected chi connectivity index (χ1v) is 6.72. The Kier molecular flexibility index (Phi) is 5.86. The van der Waals surface area contributed by atoms with E-state index in [-0.39, 0.29) is 19.0 Å². The molecule has 2 unspecified atom stereocenters. The minimum absolute atomic E-state index is 0.0988. The summed E-state index contributed by atoms with van der Waals surface area (Å²) in [4.78, 5) is 11.5. The zero-order valence-electron chi connectivity index (χ0n) is 9.67. The average Bonchev–Trinajstić information content (AvgIpc) is 2.36. The number of aliphatic hydroxyl groups excluding tert-OH is 1. The second-order valence-electron chi connectivity index (χ2n) is 3.54. The van der Waals surface area contributed by atoms with Gasteiger partial charge in [0.2, 0.25) is 0 Å². The molecule has 5 heteroatoms. The molecule has 0 spiro atoms. The van der Waals surface area contributed by atoms with Gasteiger partial charge in [-0.3, -0.25) is 9.00 Å². The van der Waals surface area contributed by atoms with E-state index in [1.807, 2.05) is 30.3 Å². The fourth-order valence-corrected chi connectivity index (χ4v) is 2.04. The number of hydrogen-bond donors (Lipinski definition) is 1. The van der Waals surface area contributed by atoms with Crippen LogP contribution in [0.25, 0.3) is 0 Å². The van der Waals surface area contributed by atoms with E-state index in [1.165, 1.54) is 0 Å². The number of benzene rings is 1. The number of carbonyl (C=O) groups excluding carboxylic acids is 1.